The molecule has 0 aliphatic carbocycles. The summed E-state index contributed by atoms with van der Waals surface area (Å²) < 4.78 is 5.55. The number of hydrogen-bond donors (Lipinski definition) is 1. The van der Waals surface area contributed by atoms with Gasteiger partial charge in [-0.15, -0.1) is 0 Å². The second-order valence-electron chi connectivity index (χ2n) is 3.66. The molecule has 0 amide bonds. The lowest BCUT2D eigenvalue weighted by Gasteiger charge is -2.17. The van der Waals surface area contributed by atoms with Crippen LogP contribution >= 0.6 is 0 Å². The predicted molar refractivity (Wildman–Crippen MR) is 63.9 cm³/mol. The molecule has 0 bridgehead atoms. The minimum atomic E-state index is -0.0624. The SMILES string of the molecule is CC(=O)C=C(Oc1cccc(N)c1)N(C)C. The molecule has 1 aromatic rings. The summed E-state index contributed by atoms with van der Waals surface area (Å²) in [6.07, 6.45) is 1.43. The highest BCUT2D eigenvalue weighted by Gasteiger charge is 2.04. The van der Waals surface area contributed by atoms with Crippen LogP contribution in [-0.2, 0) is 4.79 Å². The van der Waals surface area contributed by atoms with E-state index in [-0.39, 0.29) is 5.78 Å². The van der Waals surface area contributed by atoms with Gasteiger partial charge in [0.1, 0.15) is 5.75 Å². The standard InChI is InChI=1S/C12H16N2O2/c1-9(15)7-12(14(2)3)16-11-6-4-5-10(13)8-11/h4-8H,13H2,1-3H3. The molecule has 0 aromatic heterocycles. The Morgan fingerprint density at radius 1 is 1.44 bits per heavy atom. The molecule has 4 nitrogen and oxygen atoms in total. The number of nitrogens with two attached hydrogens (primary N) is 1. The highest BCUT2D eigenvalue weighted by Crippen LogP contribution is 2.17. The number of allylic oxidation sites excluding steroid dienone is 1. The minimum absolute atomic E-state index is 0.0624. The fourth-order valence-electron chi connectivity index (χ4n) is 1.12. The number of carbonyl (C=O) groups excluding carboxylic acids is 1. The fourth-order valence-corrected chi connectivity index (χ4v) is 1.12. The molecular formula is C12H16N2O2. The molecule has 0 unspecified atom stereocenters. The van der Waals surface area contributed by atoms with E-state index in [2.05, 4.69) is 0 Å². The van der Waals surface area contributed by atoms with Crippen LogP contribution in [0.2, 0.25) is 0 Å². The van der Waals surface area contributed by atoms with Crippen molar-refractivity contribution >= 4 is 11.5 Å². The molecule has 16 heavy (non-hydrogen) atoms. The summed E-state index contributed by atoms with van der Waals surface area (Å²) in [6, 6.07) is 7.06. The number of carbonyl (C=O) groups is 1. The normalized spacial score (nSPS) is 11.1. The molecule has 2 N–H and O–H groups in total. The van der Waals surface area contributed by atoms with E-state index in [4.69, 9.17) is 10.5 Å². The summed E-state index contributed by atoms with van der Waals surface area (Å²) >= 11 is 0. The van der Waals surface area contributed by atoms with E-state index >= 15 is 0 Å². The second kappa shape index (κ2) is 5.21. The minimum Gasteiger partial charge on any atom is -0.441 e. The lowest BCUT2D eigenvalue weighted by atomic mass is 10.3. The van der Waals surface area contributed by atoms with Gasteiger partial charge in [0.2, 0.25) is 0 Å². The summed E-state index contributed by atoms with van der Waals surface area (Å²) in [7, 11) is 3.61. The Morgan fingerprint density at radius 2 is 2.12 bits per heavy atom. The molecule has 86 valence electrons. The van der Waals surface area contributed by atoms with Crippen LogP contribution in [0.3, 0.4) is 0 Å². The van der Waals surface area contributed by atoms with Crippen molar-refractivity contribution in [3.8, 4) is 5.75 Å². The Bertz CT molecular complexity index is 411. The maximum absolute atomic E-state index is 11.0. The molecule has 1 aromatic carbocycles. The van der Waals surface area contributed by atoms with Gasteiger partial charge < -0.3 is 15.4 Å². The zero-order valence-corrected chi connectivity index (χ0v) is 9.73. The van der Waals surface area contributed by atoms with Crippen molar-refractivity contribution in [1.29, 1.82) is 0 Å². The van der Waals surface area contributed by atoms with Crippen LogP contribution in [0.1, 0.15) is 6.92 Å². The monoisotopic (exact) mass is 220 g/mol. The quantitative estimate of drug-likeness (QED) is 0.476. The molecule has 0 fully saturated rings. The van der Waals surface area contributed by atoms with E-state index in [9.17, 15) is 4.79 Å². The van der Waals surface area contributed by atoms with Crippen LogP contribution in [0.15, 0.2) is 36.2 Å². The first kappa shape index (κ1) is 12.1. The fraction of sp³-hybridized carbons (Fsp3) is 0.250. The second-order valence-corrected chi connectivity index (χ2v) is 3.66. The first-order chi connectivity index (χ1) is 7.49. The maximum atomic E-state index is 11.0. The Balaban J connectivity index is 2.88. The molecule has 0 saturated carbocycles. The van der Waals surface area contributed by atoms with Crippen LogP contribution in [-0.4, -0.2) is 24.8 Å². The molecule has 0 atom stereocenters. The van der Waals surface area contributed by atoms with Crippen molar-refractivity contribution in [2.75, 3.05) is 19.8 Å². The van der Waals surface area contributed by atoms with Gasteiger partial charge in [-0.25, -0.2) is 0 Å². The van der Waals surface area contributed by atoms with Gasteiger partial charge in [0.05, 0.1) is 0 Å². The lowest BCUT2D eigenvalue weighted by Crippen LogP contribution is -2.17. The maximum Gasteiger partial charge on any atom is 0.199 e. The number of anilines is 1. The molecule has 4 heteroatoms. The van der Waals surface area contributed by atoms with Crippen molar-refractivity contribution in [2.45, 2.75) is 6.92 Å². The van der Waals surface area contributed by atoms with Crippen molar-refractivity contribution in [3.63, 3.8) is 0 Å². The molecule has 0 saturated heterocycles. The molecule has 0 radical (unpaired) electrons. The highest BCUT2D eigenvalue weighted by molar-refractivity contribution is 5.87. The topological polar surface area (TPSA) is 55.6 Å². The zero-order valence-electron chi connectivity index (χ0n) is 9.73. The van der Waals surface area contributed by atoms with Crippen LogP contribution in [0.4, 0.5) is 5.69 Å². The van der Waals surface area contributed by atoms with E-state index in [0.29, 0.717) is 17.3 Å². The third-order valence-corrected chi connectivity index (χ3v) is 1.85. The predicted octanol–water partition coefficient (Wildman–Crippen LogP) is 1.64. The summed E-state index contributed by atoms with van der Waals surface area (Å²) in [5, 5.41) is 0. The summed E-state index contributed by atoms with van der Waals surface area (Å²) in [6.45, 7) is 1.48. The molecule has 1 rings (SSSR count). The van der Waals surface area contributed by atoms with E-state index in [1.807, 2.05) is 0 Å². The smallest absolute Gasteiger partial charge is 0.199 e. The van der Waals surface area contributed by atoms with Crippen LogP contribution < -0.4 is 10.5 Å². The van der Waals surface area contributed by atoms with Crippen LogP contribution in [0, 0.1) is 0 Å². The lowest BCUT2D eigenvalue weighted by molar-refractivity contribution is -0.112. The Hall–Kier alpha value is -1.97. The molecule has 0 heterocycles. The van der Waals surface area contributed by atoms with Crippen molar-refractivity contribution in [2.24, 2.45) is 0 Å². The number of hydrogen-bond acceptors (Lipinski definition) is 4. The number of rotatable bonds is 4. The van der Waals surface area contributed by atoms with E-state index in [0.717, 1.165) is 0 Å². The van der Waals surface area contributed by atoms with Crippen LogP contribution in [0.25, 0.3) is 0 Å². The average Bonchev–Trinajstić information content (AvgIpc) is 2.15. The van der Waals surface area contributed by atoms with Gasteiger partial charge in [0, 0.05) is 31.9 Å². The molecular weight excluding hydrogens is 204 g/mol. The van der Waals surface area contributed by atoms with E-state index in [1.54, 1.807) is 43.3 Å². The number of ether oxygens (including phenoxy) is 1. The summed E-state index contributed by atoms with van der Waals surface area (Å²) in [5.41, 5.74) is 6.26. The van der Waals surface area contributed by atoms with Crippen molar-refractivity contribution < 1.29 is 9.53 Å². The Labute approximate surface area is 95.3 Å². The highest BCUT2D eigenvalue weighted by atomic mass is 16.5. The van der Waals surface area contributed by atoms with Gasteiger partial charge in [-0.3, -0.25) is 4.79 Å². The third-order valence-electron chi connectivity index (χ3n) is 1.85. The molecule has 0 aliphatic heterocycles. The number of benzene rings is 1. The van der Waals surface area contributed by atoms with Crippen molar-refractivity contribution in [3.05, 3.63) is 36.2 Å². The average molecular weight is 220 g/mol. The van der Waals surface area contributed by atoms with E-state index in [1.165, 1.54) is 13.0 Å². The first-order valence-electron chi connectivity index (χ1n) is 4.92. The largest absolute Gasteiger partial charge is 0.441 e. The van der Waals surface area contributed by atoms with Gasteiger partial charge in [-0.2, -0.15) is 0 Å². The van der Waals surface area contributed by atoms with Crippen molar-refractivity contribution in [1.82, 2.24) is 4.90 Å². The number of nitrogen functional groups attached to an aromatic ring is 1. The Kier molecular flexibility index (Phi) is 3.94. The number of nitrogens with zero attached hydrogens (tertiary/aromatic N) is 1. The van der Waals surface area contributed by atoms with Gasteiger partial charge >= 0.3 is 0 Å². The summed E-state index contributed by atoms with van der Waals surface area (Å²) in [5.74, 6) is 1.03. The van der Waals surface area contributed by atoms with Crippen LogP contribution in [0.5, 0.6) is 5.75 Å². The first-order valence-corrected chi connectivity index (χ1v) is 4.92. The zero-order chi connectivity index (χ0) is 12.1. The molecule has 0 aliphatic rings. The molecule has 0 spiro atoms. The summed E-state index contributed by atoms with van der Waals surface area (Å²) in [4.78, 5) is 12.7. The van der Waals surface area contributed by atoms with E-state index < -0.39 is 0 Å². The third kappa shape index (κ3) is 3.65. The van der Waals surface area contributed by atoms with Gasteiger partial charge in [0.25, 0.3) is 0 Å². The van der Waals surface area contributed by atoms with Gasteiger partial charge in [0.15, 0.2) is 11.7 Å². The number of ketones is 1. The van der Waals surface area contributed by atoms with Gasteiger partial charge in [-0.1, -0.05) is 6.07 Å². The van der Waals surface area contributed by atoms with Gasteiger partial charge in [-0.05, 0) is 19.1 Å². The Morgan fingerprint density at radius 3 is 2.62 bits per heavy atom.